The molecule has 150 valence electrons. The largest absolute Gasteiger partial charge is 0.274 e. The molecule has 0 saturated heterocycles. The molecular weight excluding hydrogens is 437 g/mol. The third kappa shape index (κ3) is 3.41. The summed E-state index contributed by atoms with van der Waals surface area (Å²) in [5, 5.41) is 0.497. The van der Waals surface area contributed by atoms with Gasteiger partial charge in [0.25, 0.3) is 11.8 Å². The maximum Gasteiger partial charge on any atom is 0.261 e. The number of aryl methyl sites for hydroxylation is 1. The van der Waals surface area contributed by atoms with Crippen LogP contribution in [0, 0.1) is 0 Å². The fourth-order valence-corrected chi connectivity index (χ4v) is 4.80. The van der Waals surface area contributed by atoms with Gasteiger partial charge in [0, 0.05) is 13.0 Å². The molecule has 1 aliphatic rings. The number of carbonyl (C=O) groups excluding carboxylic acids is 2. The van der Waals surface area contributed by atoms with Crippen LogP contribution in [0.1, 0.15) is 33.0 Å². The lowest BCUT2D eigenvalue weighted by molar-refractivity contribution is 0.0652. The number of hydrogen-bond acceptors (Lipinski definition) is 5. The van der Waals surface area contributed by atoms with Crippen LogP contribution >= 0.6 is 23.2 Å². The molecule has 29 heavy (non-hydrogen) atoms. The number of carbonyl (C=O) groups is 2. The van der Waals surface area contributed by atoms with Gasteiger partial charge in [-0.1, -0.05) is 35.3 Å². The molecule has 0 radical (unpaired) electrons. The first-order valence-electron chi connectivity index (χ1n) is 8.70. The molecule has 3 aromatic rings. The lowest BCUT2D eigenvalue weighted by Crippen LogP contribution is -2.31. The minimum Gasteiger partial charge on any atom is -0.274 e. The molecule has 0 atom stereocenters. The fraction of sp³-hybridized carbons (Fsp3) is 0.211. The Morgan fingerprint density at radius 1 is 1.00 bits per heavy atom. The molecule has 2 aromatic carbocycles. The zero-order valence-corrected chi connectivity index (χ0v) is 17.6. The Labute approximate surface area is 176 Å². The molecular formula is C19H15Cl2N3O4S. The minimum atomic E-state index is -3.66. The van der Waals surface area contributed by atoms with Gasteiger partial charge < -0.3 is 0 Å². The zero-order chi connectivity index (χ0) is 20.9. The number of amides is 2. The normalized spacial score (nSPS) is 14.1. The van der Waals surface area contributed by atoms with E-state index in [1.807, 2.05) is 0 Å². The van der Waals surface area contributed by atoms with Crippen LogP contribution in [0.15, 0.2) is 36.4 Å². The van der Waals surface area contributed by atoms with Gasteiger partial charge in [-0.3, -0.25) is 14.5 Å². The summed E-state index contributed by atoms with van der Waals surface area (Å²) in [7, 11) is -3.66. The lowest BCUT2D eigenvalue weighted by Gasteiger charge is -2.13. The Balaban J connectivity index is 1.60. The second-order valence-electron chi connectivity index (χ2n) is 6.72. The topological polar surface area (TPSA) is 89.3 Å². The zero-order valence-electron chi connectivity index (χ0n) is 15.2. The van der Waals surface area contributed by atoms with E-state index in [1.165, 1.54) is 17.0 Å². The first kappa shape index (κ1) is 19.9. The first-order valence-corrected chi connectivity index (χ1v) is 11.3. The highest BCUT2D eigenvalue weighted by molar-refractivity contribution is 7.89. The van der Waals surface area contributed by atoms with Crippen molar-refractivity contribution >= 4 is 56.1 Å². The van der Waals surface area contributed by atoms with Crippen molar-refractivity contribution in [3.05, 3.63) is 63.4 Å². The van der Waals surface area contributed by atoms with Crippen molar-refractivity contribution < 1.29 is 18.0 Å². The Kier molecular flexibility index (Phi) is 4.88. The van der Waals surface area contributed by atoms with Gasteiger partial charge in [0.1, 0.15) is 5.82 Å². The van der Waals surface area contributed by atoms with Crippen LogP contribution in [-0.4, -0.2) is 46.9 Å². The van der Waals surface area contributed by atoms with Crippen LogP contribution in [0.5, 0.6) is 0 Å². The van der Waals surface area contributed by atoms with Crippen molar-refractivity contribution in [1.82, 2.24) is 13.9 Å². The summed E-state index contributed by atoms with van der Waals surface area (Å²) in [4.78, 5) is 30.4. The number of nitrogens with zero attached hydrogens (tertiary/aromatic N) is 3. The number of halogens is 2. The molecule has 7 nitrogen and oxygen atoms in total. The SMILES string of the molecule is CS(=O)(=O)n1c(CCCN2C(=O)c3ccccc3C2=O)nc2cc(Cl)c(Cl)cc21. The number of hydrogen-bond donors (Lipinski definition) is 0. The van der Waals surface area contributed by atoms with Crippen molar-refractivity contribution in [3.8, 4) is 0 Å². The van der Waals surface area contributed by atoms with Gasteiger partial charge >= 0.3 is 0 Å². The van der Waals surface area contributed by atoms with Gasteiger partial charge in [-0.15, -0.1) is 0 Å². The highest BCUT2D eigenvalue weighted by Gasteiger charge is 2.34. The van der Waals surface area contributed by atoms with E-state index in [0.29, 0.717) is 28.6 Å². The average molecular weight is 452 g/mol. The Hall–Kier alpha value is -2.42. The van der Waals surface area contributed by atoms with Gasteiger partial charge in [-0.25, -0.2) is 17.4 Å². The molecule has 2 amide bonds. The van der Waals surface area contributed by atoms with Gasteiger partial charge in [0.15, 0.2) is 0 Å². The smallest absolute Gasteiger partial charge is 0.261 e. The molecule has 10 heteroatoms. The summed E-state index contributed by atoms with van der Waals surface area (Å²) >= 11 is 12.1. The van der Waals surface area contributed by atoms with Crippen LogP contribution in [0.3, 0.4) is 0 Å². The first-order chi connectivity index (χ1) is 13.7. The van der Waals surface area contributed by atoms with E-state index in [2.05, 4.69) is 4.98 Å². The minimum absolute atomic E-state index is 0.154. The predicted molar refractivity (Wildman–Crippen MR) is 110 cm³/mol. The van der Waals surface area contributed by atoms with E-state index in [9.17, 15) is 18.0 Å². The summed E-state index contributed by atoms with van der Waals surface area (Å²) in [5.41, 5.74) is 1.49. The highest BCUT2D eigenvalue weighted by Crippen LogP contribution is 2.29. The number of benzene rings is 2. The van der Waals surface area contributed by atoms with Crippen molar-refractivity contribution in [2.75, 3.05) is 12.8 Å². The Morgan fingerprint density at radius 2 is 1.59 bits per heavy atom. The Bertz CT molecular complexity index is 1250. The molecule has 4 rings (SSSR count). The third-order valence-electron chi connectivity index (χ3n) is 4.71. The van der Waals surface area contributed by atoms with Crippen LogP contribution in [0.2, 0.25) is 10.0 Å². The molecule has 2 heterocycles. The summed E-state index contributed by atoms with van der Waals surface area (Å²) in [5.74, 6) is -0.404. The van der Waals surface area contributed by atoms with Crippen LogP contribution in [0.25, 0.3) is 11.0 Å². The lowest BCUT2D eigenvalue weighted by atomic mass is 10.1. The fourth-order valence-electron chi connectivity index (χ4n) is 3.47. The van der Waals surface area contributed by atoms with E-state index < -0.39 is 10.0 Å². The number of imidazole rings is 1. The predicted octanol–water partition coefficient (Wildman–Crippen LogP) is 3.38. The van der Waals surface area contributed by atoms with Crippen molar-refractivity contribution in [3.63, 3.8) is 0 Å². The van der Waals surface area contributed by atoms with Crippen LogP contribution in [-0.2, 0) is 16.4 Å². The average Bonchev–Trinajstić information content (AvgIpc) is 3.12. The molecule has 0 fully saturated rings. The van der Waals surface area contributed by atoms with Gasteiger partial charge in [0.05, 0.1) is 38.5 Å². The highest BCUT2D eigenvalue weighted by atomic mass is 35.5. The number of rotatable bonds is 5. The maximum atomic E-state index is 12.5. The summed E-state index contributed by atoms with van der Waals surface area (Å²) in [6.07, 6.45) is 1.67. The maximum absolute atomic E-state index is 12.5. The monoisotopic (exact) mass is 451 g/mol. The van der Waals surface area contributed by atoms with Crippen LogP contribution < -0.4 is 0 Å². The second-order valence-corrected chi connectivity index (χ2v) is 9.37. The second kappa shape index (κ2) is 7.12. The van der Waals surface area contributed by atoms with Gasteiger partial charge in [0.2, 0.25) is 10.0 Å². The number of imide groups is 1. The van der Waals surface area contributed by atoms with E-state index >= 15 is 0 Å². The van der Waals surface area contributed by atoms with Gasteiger partial charge in [-0.2, -0.15) is 0 Å². The van der Waals surface area contributed by atoms with E-state index in [1.54, 1.807) is 24.3 Å². The summed E-state index contributed by atoms with van der Waals surface area (Å²) in [6, 6.07) is 9.62. The van der Waals surface area contributed by atoms with E-state index in [0.717, 1.165) is 10.2 Å². The number of fused-ring (bicyclic) bond motifs is 2. The number of aromatic nitrogens is 2. The molecule has 0 aliphatic carbocycles. The molecule has 1 aliphatic heterocycles. The standard InChI is InChI=1S/C19H15Cl2N3O4S/c1-29(27,28)24-16-10-14(21)13(20)9-15(16)22-17(24)7-4-8-23-18(25)11-5-2-3-6-12(11)19(23)26/h2-3,5-6,9-10H,4,7-8H2,1H3. The Morgan fingerprint density at radius 3 is 2.17 bits per heavy atom. The van der Waals surface area contributed by atoms with Crippen LogP contribution in [0.4, 0.5) is 0 Å². The quantitative estimate of drug-likeness (QED) is 0.554. The van der Waals surface area contributed by atoms with E-state index in [4.69, 9.17) is 23.2 Å². The van der Waals surface area contributed by atoms with E-state index in [-0.39, 0.29) is 40.6 Å². The third-order valence-corrected chi connectivity index (χ3v) is 6.51. The van der Waals surface area contributed by atoms with Crippen molar-refractivity contribution in [2.45, 2.75) is 12.8 Å². The summed E-state index contributed by atoms with van der Waals surface area (Å²) < 4.78 is 25.8. The molecule has 0 spiro atoms. The van der Waals surface area contributed by atoms with Crippen molar-refractivity contribution in [2.24, 2.45) is 0 Å². The summed E-state index contributed by atoms with van der Waals surface area (Å²) in [6.45, 7) is 0.154. The molecule has 0 N–H and O–H groups in total. The van der Waals surface area contributed by atoms with Crippen molar-refractivity contribution in [1.29, 1.82) is 0 Å². The molecule has 0 saturated carbocycles. The molecule has 1 aromatic heterocycles. The molecule has 0 unspecified atom stereocenters. The molecule has 0 bridgehead atoms. The van der Waals surface area contributed by atoms with Gasteiger partial charge in [-0.05, 0) is 30.7 Å².